The number of hydrogen-bond acceptors (Lipinski definition) is 2. The molecule has 100 valence electrons. The van der Waals surface area contributed by atoms with E-state index in [0.717, 1.165) is 17.8 Å². The van der Waals surface area contributed by atoms with Crippen molar-refractivity contribution in [2.24, 2.45) is 0 Å². The average Bonchev–Trinajstić information content (AvgIpc) is 2.38. The van der Waals surface area contributed by atoms with Crippen LogP contribution in [0.1, 0.15) is 29.8 Å². The van der Waals surface area contributed by atoms with Gasteiger partial charge in [-0.1, -0.05) is 30.7 Å². The fraction of sp³-hybridized carbons (Fsp3) is 0.267. The summed E-state index contributed by atoms with van der Waals surface area (Å²) >= 11 is 5.80. The molecule has 0 radical (unpaired) electrons. The molecule has 0 saturated carbocycles. The van der Waals surface area contributed by atoms with Gasteiger partial charge in [0.25, 0.3) is 0 Å². The van der Waals surface area contributed by atoms with Gasteiger partial charge in [0.05, 0.1) is 6.04 Å². The molecule has 2 aromatic rings. The Bertz CT molecular complexity index is 572. The molecular formula is C15H16ClFN2. The highest BCUT2D eigenvalue weighted by Crippen LogP contribution is 2.27. The van der Waals surface area contributed by atoms with Gasteiger partial charge in [0, 0.05) is 22.5 Å². The molecule has 1 N–H and O–H groups in total. The van der Waals surface area contributed by atoms with E-state index in [0.29, 0.717) is 10.6 Å². The summed E-state index contributed by atoms with van der Waals surface area (Å²) in [5.74, 6) is -0.304. The zero-order chi connectivity index (χ0) is 13.8. The third kappa shape index (κ3) is 3.11. The molecule has 0 spiro atoms. The van der Waals surface area contributed by atoms with Gasteiger partial charge in [-0.3, -0.25) is 4.98 Å². The Labute approximate surface area is 117 Å². The van der Waals surface area contributed by atoms with E-state index < -0.39 is 0 Å². The number of nitrogens with zero attached hydrogens (tertiary/aromatic N) is 1. The molecule has 0 fully saturated rings. The molecule has 1 aromatic heterocycles. The summed E-state index contributed by atoms with van der Waals surface area (Å²) in [7, 11) is 0. The van der Waals surface area contributed by atoms with Crippen LogP contribution in [0.5, 0.6) is 0 Å². The predicted octanol–water partition coefficient (Wildman–Crippen LogP) is 3.88. The molecule has 2 nitrogen and oxygen atoms in total. The normalized spacial score (nSPS) is 12.4. The van der Waals surface area contributed by atoms with Crippen molar-refractivity contribution >= 4 is 11.6 Å². The molecule has 0 saturated heterocycles. The van der Waals surface area contributed by atoms with Crippen molar-refractivity contribution in [2.45, 2.75) is 19.9 Å². The number of aryl methyl sites for hydroxylation is 1. The standard InChI is InChI=1S/C15H16ClFN2/c1-3-18-15(12-5-4-8-19-10(12)2)13-7-6-11(16)9-14(13)17/h4-9,15,18H,3H2,1-2H3. The van der Waals surface area contributed by atoms with Crippen molar-refractivity contribution in [3.8, 4) is 0 Å². The first kappa shape index (κ1) is 14.0. The lowest BCUT2D eigenvalue weighted by molar-refractivity contribution is 0.556. The lowest BCUT2D eigenvalue weighted by Gasteiger charge is -2.21. The Hall–Kier alpha value is -1.45. The Morgan fingerprint density at radius 3 is 2.74 bits per heavy atom. The van der Waals surface area contributed by atoms with E-state index in [1.165, 1.54) is 6.07 Å². The predicted molar refractivity (Wildman–Crippen MR) is 75.9 cm³/mol. The second-order valence-electron chi connectivity index (χ2n) is 4.33. The summed E-state index contributed by atoms with van der Waals surface area (Å²) in [6.45, 7) is 4.65. The molecule has 4 heteroatoms. The first-order chi connectivity index (χ1) is 9.13. The van der Waals surface area contributed by atoms with E-state index in [1.54, 1.807) is 18.3 Å². The summed E-state index contributed by atoms with van der Waals surface area (Å²) in [4.78, 5) is 4.27. The molecule has 1 atom stereocenters. The molecule has 19 heavy (non-hydrogen) atoms. The van der Waals surface area contributed by atoms with Gasteiger partial charge in [0.15, 0.2) is 0 Å². The van der Waals surface area contributed by atoms with Crippen LogP contribution >= 0.6 is 11.6 Å². The first-order valence-corrected chi connectivity index (χ1v) is 6.61. The SMILES string of the molecule is CCNC(c1ccc(Cl)cc1F)c1cccnc1C. The molecular weight excluding hydrogens is 263 g/mol. The summed E-state index contributed by atoms with van der Waals surface area (Å²) in [5.41, 5.74) is 2.45. The van der Waals surface area contributed by atoms with Crippen LogP contribution in [0.2, 0.25) is 5.02 Å². The number of aromatic nitrogens is 1. The van der Waals surface area contributed by atoms with Gasteiger partial charge >= 0.3 is 0 Å². The highest BCUT2D eigenvalue weighted by molar-refractivity contribution is 6.30. The van der Waals surface area contributed by atoms with Crippen LogP contribution in [0.25, 0.3) is 0 Å². The van der Waals surface area contributed by atoms with Crippen molar-refractivity contribution in [2.75, 3.05) is 6.54 Å². The average molecular weight is 279 g/mol. The Morgan fingerprint density at radius 1 is 1.32 bits per heavy atom. The molecule has 0 amide bonds. The van der Waals surface area contributed by atoms with Crippen molar-refractivity contribution in [1.82, 2.24) is 10.3 Å². The smallest absolute Gasteiger partial charge is 0.129 e. The Kier molecular flexibility index (Phi) is 4.51. The van der Waals surface area contributed by atoms with Gasteiger partial charge in [0.2, 0.25) is 0 Å². The zero-order valence-electron chi connectivity index (χ0n) is 11.0. The van der Waals surface area contributed by atoms with Gasteiger partial charge in [-0.2, -0.15) is 0 Å². The van der Waals surface area contributed by atoms with Gasteiger partial charge in [-0.15, -0.1) is 0 Å². The van der Waals surface area contributed by atoms with Crippen LogP contribution < -0.4 is 5.32 Å². The summed E-state index contributed by atoms with van der Waals surface area (Å²) in [5, 5.41) is 3.70. The number of nitrogens with one attached hydrogen (secondary N) is 1. The van der Waals surface area contributed by atoms with Crippen molar-refractivity contribution < 1.29 is 4.39 Å². The number of halogens is 2. The minimum atomic E-state index is -0.304. The molecule has 0 aliphatic carbocycles. The quantitative estimate of drug-likeness (QED) is 0.918. The lowest BCUT2D eigenvalue weighted by Crippen LogP contribution is -2.24. The highest BCUT2D eigenvalue weighted by Gasteiger charge is 2.19. The van der Waals surface area contributed by atoms with Gasteiger partial charge < -0.3 is 5.32 Å². The number of pyridine rings is 1. The maximum Gasteiger partial charge on any atom is 0.129 e. The zero-order valence-corrected chi connectivity index (χ0v) is 11.7. The second kappa shape index (κ2) is 6.13. The maximum atomic E-state index is 14.1. The van der Waals surface area contributed by atoms with Gasteiger partial charge in [-0.05, 0) is 37.2 Å². The monoisotopic (exact) mass is 278 g/mol. The van der Waals surface area contributed by atoms with Crippen LogP contribution in [-0.4, -0.2) is 11.5 Å². The molecule has 2 rings (SSSR count). The van der Waals surface area contributed by atoms with Crippen molar-refractivity contribution in [3.63, 3.8) is 0 Å². The Balaban J connectivity index is 2.48. The summed E-state index contributed by atoms with van der Waals surface area (Å²) < 4.78 is 14.1. The topological polar surface area (TPSA) is 24.9 Å². The largest absolute Gasteiger partial charge is 0.306 e. The molecule has 1 heterocycles. The van der Waals surface area contributed by atoms with Crippen LogP contribution in [0, 0.1) is 12.7 Å². The van der Waals surface area contributed by atoms with Crippen LogP contribution in [0.4, 0.5) is 4.39 Å². The van der Waals surface area contributed by atoms with E-state index in [9.17, 15) is 4.39 Å². The first-order valence-electron chi connectivity index (χ1n) is 6.23. The van der Waals surface area contributed by atoms with E-state index in [-0.39, 0.29) is 11.9 Å². The van der Waals surface area contributed by atoms with E-state index in [2.05, 4.69) is 10.3 Å². The second-order valence-corrected chi connectivity index (χ2v) is 4.77. The van der Waals surface area contributed by atoms with Crippen molar-refractivity contribution in [1.29, 1.82) is 0 Å². The highest BCUT2D eigenvalue weighted by atomic mass is 35.5. The number of benzene rings is 1. The van der Waals surface area contributed by atoms with Gasteiger partial charge in [-0.25, -0.2) is 4.39 Å². The fourth-order valence-corrected chi connectivity index (χ4v) is 2.29. The van der Waals surface area contributed by atoms with Crippen LogP contribution in [0.3, 0.4) is 0 Å². The maximum absolute atomic E-state index is 14.1. The van der Waals surface area contributed by atoms with Gasteiger partial charge in [0.1, 0.15) is 5.82 Å². The fourth-order valence-electron chi connectivity index (χ4n) is 2.13. The van der Waals surface area contributed by atoms with E-state index in [4.69, 9.17) is 11.6 Å². The lowest BCUT2D eigenvalue weighted by atomic mass is 9.97. The van der Waals surface area contributed by atoms with Crippen molar-refractivity contribution in [3.05, 3.63) is 64.2 Å². The summed E-state index contributed by atoms with van der Waals surface area (Å²) in [6.07, 6.45) is 1.74. The van der Waals surface area contributed by atoms with E-state index in [1.807, 2.05) is 26.0 Å². The molecule has 0 aliphatic heterocycles. The van der Waals surface area contributed by atoms with Crippen LogP contribution in [-0.2, 0) is 0 Å². The Morgan fingerprint density at radius 2 is 2.11 bits per heavy atom. The third-order valence-corrected chi connectivity index (χ3v) is 3.28. The molecule has 0 aliphatic rings. The minimum Gasteiger partial charge on any atom is -0.306 e. The number of hydrogen-bond donors (Lipinski definition) is 1. The third-order valence-electron chi connectivity index (χ3n) is 3.04. The molecule has 1 aromatic carbocycles. The molecule has 0 bridgehead atoms. The minimum absolute atomic E-state index is 0.212. The van der Waals surface area contributed by atoms with Crippen LogP contribution in [0.15, 0.2) is 36.5 Å². The van der Waals surface area contributed by atoms with E-state index >= 15 is 0 Å². The number of rotatable bonds is 4. The molecule has 1 unspecified atom stereocenters. The summed E-state index contributed by atoms with van der Waals surface area (Å²) in [6, 6.07) is 8.38.